The summed E-state index contributed by atoms with van der Waals surface area (Å²) in [5, 5.41) is 0. The molecule has 17 heavy (non-hydrogen) atoms. The third-order valence-corrected chi connectivity index (χ3v) is 3.49. The first-order chi connectivity index (χ1) is 7.88. The van der Waals surface area contributed by atoms with Crippen LogP contribution in [0.2, 0.25) is 0 Å². The fraction of sp³-hybridized carbons (Fsp3) is 0.538. The van der Waals surface area contributed by atoms with Crippen molar-refractivity contribution in [2.75, 3.05) is 13.2 Å². The average molecular weight is 300 g/mol. The summed E-state index contributed by atoms with van der Waals surface area (Å²) in [7, 11) is 0. The van der Waals surface area contributed by atoms with Gasteiger partial charge in [0.15, 0.2) is 11.5 Å². The molecule has 1 aromatic carbocycles. The Labute approximate surface area is 110 Å². The number of benzene rings is 1. The zero-order valence-electron chi connectivity index (χ0n) is 10.5. The molecule has 1 aromatic rings. The van der Waals surface area contributed by atoms with Gasteiger partial charge in [-0.2, -0.15) is 0 Å². The van der Waals surface area contributed by atoms with Gasteiger partial charge in [-0.3, -0.25) is 0 Å². The molecule has 0 atom stereocenters. The van der Waals surface area contributed by atoms with Crippen molar-refractivity contribution in [1.82, 2.24) is 0 Å². The third-order valence-electron chi connectivity index (χ3n) is 2.78. The summed E-state index contributed by atoms with van der Waals surface area (Å²) >= 11 is 3.59. The minimum absolute atomic E-state index is 0.239. The van der Waals surface area contributed by atoms with Crippen LogP contribution in [-0.2, 0) is 6.42 Å². The molecule has 1 aliphatic heterocycles. The molecule has 2 rings (SSSR count). The number of hydrogen-bond donors (Lipinski definition) is 1. The van der Waals surface area contributed by atoms with E-state index in [2.05, 4.69) is 22.9 Å². The molecule has 2 N–H and O–H groups in total. The second kappa shape index (κ2) is 4.50. The van der Waals surface area contributed by atoms with Crippen molar-refractivity contribution in [3.05, 3.63) is 21.7 Å². The molecule has 94 valence electrons. The molecule has 1 aliphatic rings. The largest absolute Gasteiger partial charge is 0.486 e. The Morgan fingerprint density at radius 1 is 1.35 bits per heavy atom. The van der Waals surface area contributed by atoms with Gasteiger partial charge in [-0.15, -0.1) is 0 Å². The summed E-state index contributed by atoms with van der Waals surface area (Å²) in [6.45, 7) is 7.33. The van der Waals surface area contributed by atoms with Gasteiger partial charge in [0.2, 0.25) is 0 Å². The van der Waals surface area contributed by atoms with Crippen LogP contribution in [0, 0.1) is 6.92 Å². The van der Waals surface area contributed by atoms with Crippen LogP contribution < -0.4 is 15.2 Å². The number of ether oxygens (including phenoxy) is 2. The fourth-order valence-corrected chi connectivity index (χ4v) is 2.67. The lowest BCUT2D eigenvalue weighted by Crippen LogP contribution is -2.35. The second-order valence-electron chi connectivity index (χ2n) is 5.15. The summed E-state index contributed by atoms with van der Waals surface area (Å²) in [4.78, 5) is 0. The lowest BCUT2D eigenvalue weighted by Gasteiger charge is -2.26. The molecule has 0 saturated carbocycles. The molecular formula is C13H18BrNO2. The Kier molecular flexibility index (Phi) is 3.36. The molecule has 4 heteroatoms. The van der Waals surface area contributed by atoms with Crippen LogP contribution in [0.25, 0.3) is 0 Å². The zero-order chi connectivity index (χ0) is 12.6. The van der Waals surface area contributed by atoms with Gasteiger partial charge < -0.3 is 15.2 Å². The molecule has 0 aromatic heterocycles. The third kappa shape index (κ3) is 2.75. The standard InChI is InChI=1S/C13H18BrNO2/c1-8-9(7-13(2,3)15)10(14)6-11-12(8)17-5-4-16-11/h6H,4-5,7,15H2,1-3H3. The number of fused-ring (bicyclic) bond motifs is 1. The van der Waals surface area contributed by atoms with E-state index in [9.17, 15) is 0 Å². The van der Waals surface area contributed by atoms with Crippen LogP contribution in [0.1, 0.15) is 25.0 Å². The van der Waals surface area contributed by atoms with Crippen molar-refractivity contribution in [1.29, 1.82) is 0 Å². The number of nitrogens with two attached hydrogens (primary N) is 1. The van der Waals surface area contributed by atoms with E-state index in [0.717, 1.165) is 28.0 Å². The van der Waals surface area contributed by atoms with Crippen LogP contribution in [0.5, 0.6) is 11.5 Å². The zero-order valence-corrected chi connectivity index (χ0v) is 12.1. The topological polar surface area (TPSA) is 44.5 Å². The van der Waals surface area contributed by atoms with Crippen LogP contribution >= 0.6 is 15.9 Å². The van der Waals surface area contributed by atoms with Crippen molar-refractivity contribution in [3.63, 3.8) is 0 Å². The van der Waals surface area contributed by atoms with Crippen LogP contribution in [0.15, 0.2) is 10.5 Å². The van der Waals surface area contributed by atoms with E-state index >= 15 is 0 Å². The number of rotatable bonds is 2. The second-order valence-corrected chi connectivity index (χ2v) is 6.01. The van der Waals surface area contributed by atoms with E-state index in [-0.39, 0.29) is 5.54 Å². The highest BCUT2D eigenvalue weighted by Crippen LogP contribution is 2.40. The first-order valence-corrected chi connectivity index (χ1v) is 6.54. The SMILES string of the molecule is Cc1c(CC(C)(C)N)c(Br)cc2c1OCCO2. The highest BCUT2D eigenvalue weighted by Gasteiger charge is 2.22. The molecule has 0 amide bonds. The van der Waals surface area contributed by atoms with Crippen molar-refractivity contribution >= 4 is 15.9 Å². The van der Waals surface area contributed by atoms with E-state index in [0.29, 0.717) is 13.2 Å². The van der Waals surface area contributed by atoms with Gasteiger partial charge >= 0.3 is 0 Å². The predicted octanol–water partition coefficient (Wildman–Crippen LogP) is 2.81. The maximum Gasteiger partial charge on any atom is 0.164 e. The monoisotopic (exact) mass is 299 g/mol. The van der Waals surface area contributed by atoms with Crippen molar-refractivity contribution in [2.24, 2.45) is 5.73 Å². The maximum absolute atomic E-state index is 6.09. The van der Waals surface area contributed by atoms with Crippen molar-refractivity contribution in [2.45, 2.75) is 32.7 Å². The molecule has 0 spiro atoms. The molecule has 0 bridgehead atoms. The molecule has 0 aliphatic carbocycles. The Morgan fingerprint density at radius 2 is 2.00 bits per heavy atom. The lowest BCUT2D eigenvalue weighted by atomic mass is 9.92. The maximum atomic E-state index is 6.09. The minimum atomic E-state index is -0.239. The van der Waals surface area contributed by atoms with E-state index in [1.54, 1.807) is 0 Å². The van der Waals surface area contributed by atoms with Gasteiger partial charge in [0.25, 0.3) is 0 Å². The molecule has 1 heterocycles. The molecule has 0 saturated heterocycles. The molecule has 3 nitrogen and oxygen atoms in total. The summed E-state index contributed by atoms with van der Waals surface area (Å²) < 4.78 is 12.3. The summed E-state index contributed by atoms with van der Waals surface area (Å²) in [5.41, 5.74) is 8.16. The van der Waals surface area contributed by atoms with Crippen molar-refractivity contribution < 1.29 is 9.47 Å². The van der Waals surface area contributed by atoms with E-state index in [4.69, 9.17) is 15.2 Å². The minimum Gasteiger partial charge on any atom is -0.486 e. The average Bonchev–Trinajstić information content (AvgIpc) is 2.23. The smallest absolute Gasteiger partial charge is 0.164 e. The van der Waals surface area contributed by atoms with Gasteiger partial charge in [-0.1, -0.05) is 15.9 Å². The Bertz CT molecular complexity index is 438. The Morgan fingerprint density at radius 3 is 2.65 bits per heavy atom. The van der Waals surface area contributed by atoms with E-state index in [1.807, 2.05) is 19.9 Å². The van der Waals surface area contributed by atoms with Crippen LogP contribution in [0.4, 0.5) is 0 Å². The quantitative estimate of drug-likeness (QED) is 0.913. The van der Waals surface area contributed by atoms with E-state index < -0.39 is 0 Å². The van der Waals surface area contributed by atoms with Crippen LogP contribution in [-0.4, -0.2) is 18.8 Å². The summed E-state index contributed by atoms with van der Waals surface area (Å²) in [6.07, 6.45) is 0.802. The van der Waals surface area contributed by atoms with Gasteiger partial charge in [0.1, 0.15) is 13.2 Å². The normalized spacial score (nSPS) is 14.9. The molecule has 0 unspecified atom stereocenters. The molecule has 0 fully saturated rings. The van der Waals surface area contributed by atoms with Gasteiger partial charge in [-0.25, -0.2) is 0 Å². The molecular weight excluding hydrogens is 282 g/mol. The lowest BCUT2D eigenvalue weighted by molar-refractivity contribution is 0.170. The number of hydrogen-bond acceptors (Lipinski definition) is 3. The first kappa shape index (κ1) is 12.7. The summed E-state index contributed by atoms with van der Waals surface area (Å²) in [5.74, 6) is 1.68. The molecule has 0 radical (unpaired) electrons. The number of halogens is 1. The predicted molar refractivity (Wildman–Crippen MR) is 71.8 cm³/mol. The summed E-state index contributed by atoms with van der Waals surface area (Å²) in [6, 6.07) is 1.97. The van der Waals surface area contributed by atoms with Gasteiger partial charge in [-0.05, 0) is 44.4 Å². The van der Waals surface area contributed by atoms with Crippen LogP contribution in [0.3, 0.4) is 0 Å². The van der Waals surface area contributed by atoms with Crippen molar-refractivity contribution in [3.8, 4) is 11.5 Å². The highest BCUT2D eigenvalue weighted by molar-refractivity contribution is 9.10. The Hall–Kier alpha value is -0.740. The highest BCUT2D eigenvalue weighted by atomic mass is 79.9. The van der Waals surface area contributed by atoms with Gasteiger partial charge in [0, 0.05) is 10.0 Å². The fourth-order valence-electron chi connectivity index (χ4n) is 2.02. The first-order valence-electron chi connectivity index (χ1n) is 5.75. The Balaban J connectivity index is 2.46. The van der Waals surface area contributed by atoms with Gasteiger partial charge in [0.05, 0.1) is 0 Å². The van der Waals surface area contributed by atoms with E-state index in [1.165, 1.54) is 5.56 Å².